The molecule has 0 aromatic rings. The summed E-state index contributed by atoms with van der Waals surface area (Å²) in [6, 6.07) is 0. The molecule has 0 aromatic heterocycles. The van der Waals surface area contributed by atoms with Crippen LogP contribution in [0.3, 0.4) is 0 Å². The molecule has 0 amide bonds. The Hall–Kier alpha value is -0.690. The average Bonchev–Trinajstić information content (AvgIpc) is 2.33. The maximum absolute atomic E-state index is 10.9. The average molecular weight is 175 g/mol. The molecule has 12 heavy (non-hydrogen) atoms. The third kappa shape index (κ3) is 0.579. The van der Waals surface area contributed by atoms with E-state index in [4.69, 9.17) is 5.73 Å². The summed E-state index contributed by atoms with van der Waals surface area (Å²) < 4.78 is 4.53. The molecule has 6 nitrogen and oxygen atoms in total. The van der Waals surface area contributed by atoms with Crippen molar-refractivity contribution in [1.29, 1.82) is 0 Å². The summed E-state index contributed by atoms with van der Waals surface area (Å²) in [5.41, 5.74) is 3.54. The smallest absolute Gasteiger partial charge is 0.332 e. The number of nitrogens with two attached hydrogens (primary N) is 1. The van der Waals surface area contributed by atoms with Crippen molar-refractivity contribution < 1.29 is 24.9 Å². The predicted octanol–water partition coefficient (Wildman–Crippen LogP) is -3.29. The summed E-state index contributed by atoms with van der Waals surface area (Å²) in [6.07, 6.45) is -5.14. The van der Waals surface area contributed by atoms with E-state index in [1.807, 2.05) is 0 Å². The van der Waals surface area contributed by atoms with Gasteiger partial charge in [-0.25, -0.2) is 4.79 Å². The zero-order valence-electron chi connectivity index (χ0n) is 6.04. The quantitative estimate of drug-likeness (QED) is 0.287. The second-order valence-electron chi connectivity index (χ2n) is 3.18. The van der Waals surface area contributed by atoms with E-state index in [-0.39, 0.29) is 0 Å². The van der Waals surface area contributed by atoms with Gasteiger partial charge in [-0.05, 0) is 0 Å². The zero-order chi connectivity index (χ0) is 9.09. The molecule has 68 valence electrons. The Morgan fingerprint density at radius 1 is 1.33 bits per heavy atom. The number of aliphatic hydroxyl groups is 3. The molecule has 1 aliphatic carbocycles. The first kappa shape index (κ1) is 7.93. The van der Waals surface area contributed by atoms with Crippen LogP contribution in [0.4, 0.5) is 0 Å². The van der Waals surface area contributed by atoms with Gasteiger partial charge in [-0.15, -0.1) is 0 Å². The second kappa shape index (κ2) is 1.97. The van der Waals surface area contributed by atoms with E-state index in [0.717, 1.165) is 0 Å². The minimum atomic E-state index is -1.84. The Bertz CT molecular complexity index is 236. The Morgan fingerprint density at radius 3 is 2.25 bits per heavy atom. The first-order chi connectivity index (χ1) is 5.49. The van der Waals surface area contributed by atoms with Crippen molar-refractivity contribution in [2.45, 2.75) is 30.0 Å². The van der Waals surface area contributed by atoms with E-state index >= 15 is 0 Å². The van der Waals surface area contributed by atoms with E-state index in [9.17, 15) is 20.1 Å². The van der Waals surface area contributed by atoms with Gasteiger partial charge < -0.3 is 25.8 Å². The summed E-state index contributed by atoms with van der Waals surface area (Å²) >= 11 is 0. The Labute approximate surface area is 67.5 Å². The molecule has 1 saturated carbocycles. The lowest BCUT2D eigenvalue weighted by molar-refractivity contribution is -0.167. The van der Waals surface area contributed by atoms with Gasteiger partial charge in [0.25, 0.3) is 0 Å². The minimum Gasteiger partial charge on any atom is -0.455 e. The lowest BCUT2D eigenvalue weighted by Crippen LogP contribution is -2.61. The largest absolute Gasteiger partial charge is 0.455 e. The van der Waals surface area contributed by atoms with Crippen LogP contribution in [-0.4, -0.2) is 51.2 Å². The topological polar surface area (TPSA) is 113 Å². The van der Waals surface area contributed by atoms with Gasteiger partial charge in [-0.2, -0.15) is 0 Å². The van der Waals surface area contributed by atoms with Crippen LogP contribution in [-0.2, 0) is 9.53 Å². The molecule has 1 aliphatic heterocycles. The van der Waals surface area contributed by atoms with E-state index in [1.165, 1.54) is 0 Å². The SMILES string of the molecule is NC12C(=O)O[C@H](C(O)C1O)C2O. The van der Waals surface area contributed by atoms with Gasteiger partial charge in [-0.3, -0.25) is 0 Å². The molecular formula is C6H9NO5. The molecule has 4 unspecified atom stereocenters. The van der Waals surface area contributed by atoms with Crippen molar-refractivity contribution in [3.8, 4) is 0 Å². The van der Waals surface area contributed by atoms with Crippen LogP contribution in [0, 0.1) is 0 Å². The van der Waals surface area contributed by atoms with Gasteiger partial charge in [-0.1, -0.05) is 0 Å². The normalized spacial score (nSPS) is 57.5. The first-order valence-electron chi connectivity index (χ1n) is 3.53. The Morgan fingerprint density at radius 2 is 1.92 bits per heavy atom. The monoisotopic (exact) mass is 175 g/mol. The van der Waals surface area contributed by atoms with Crippen LogP contribution in [0.5, 0.6) is 0 Å². The maximum atomic E-state index is 10.9. The molecule has 5 N–H and O–H groups in total. The number of hydrogen-bond acceptors (Lipinski definition) is 6. The van der Waals surface area contributed by atoms with Crippen molar-refractivity contribution in [2.75, 3.05) is 0 Å². The van der Waals surface area contributed by atoms with Crippen molar-refractivity contribution >= 4 is 5.97 Å². The first-order valence-corrected chi connectivity index (χ1v) is 3.53. The van der Waals surface area contributed by atoms with Crippen molar-refractivity contribution in [3.05, 3.63) is 0 Å². The van der Waals surface area contributed by atoms with Crippen LogP contribution in [0.2, 0.25) is 0 Å². The van der Waals surface area contributed by atoms with Gasteiger partial charge in [0.2, 0.25) is 0 Å². The number of aliphatic hydroxyl groups excluding tert-OH is 3. The van der Waals surface area contributed by atoms with Crippen LogP contribution in [0.25, 0.3) is 0 Å². The number of rotatable bonds is 0. The summed E-state index contributed by atoms with van der Waals surface area (Å²) in [5.74, 6) is -0.863. The van der Waals surface area contributed by atoms with Gasteiger partial charge in [0.1, 0.15) is 18.3 Å². The molecule has 0 spiro atoms. The zero-order valence-corrected chi connectivity index (χ0v) is 6.04. The Kier molecular flexibility index (Phi) is 1.30. The van der Waals surface area contributed by atoms with Gasteiger partial charge in [0, 0.05) is 0 Å². The number of carbonyl (C=O) groups excluding carboxylic acids is 1. The highest BCUT2D eigenvalue weighted by Gasteiger charge is 2.69. The molecule has 6 heteroatoms. The van der Waals surface area contributed by atoms with E-state index < -0.39 is 35.9 Å². The van der Waals surface area contributed by atoms with Gasteiger partial charge >= 0.3 is 5.97 Å². The lowest BCUT2D eigenvalue weighted by Gasteiger charge is -2.27. The van der Waals surface area contributed by atoms with Gasteiger partial charge in [0.05, 0.1) is 0 Å². The molecule has 0 radical (unpaired) electrons. The summed E-state index contributed by atoms with van der Waals surface area (Å²) in [4.78, 5) is 10.9. The summed E-state index contributed by atoms with van der Waals surface area (Å²) in [5, 5.41) is 27.7. The number of fused-ring (bicyclic) bond motifs is 2. The molecule has 2 rings (SSSR count). The number of ether oxygens (including phenoxy) is 1. The standard InChI is InChI=1S/C6H9NO5/c7-6-3(9)1(8)2(4(6)10)12-5(6)11/h1-4,8-10H,7H2/t1?,2-,3?,4?,6?/m1/s1. The van der Waals surface area contributed by atoms with E-state index in [0.29, 0.717) is 0 Å². The van der Waals surface area contributed by atoms with Crippen molar-refractivity contribution in [2.24, 2.45) is 5.73 Å². The molecule has 0 aromatic carbocycles. The molecule has 2 bridgehead atoms. The molecular weight excluding hydrogens is 166 g/mol. The molecule has 5 atom stereocenters. The van der Waals surface area contributed by atoms with E-state index in [2.05, 4.69) is 4.74 Å². The fourth-order valence-electron chi connectivity index (χ4n) is 1.70. The highest BCUT2D eigenvalue weighted by Crippen LogP contribution is 2.38. The number of esters is 1. The fourth-order valence-corrected chi connectivity index (χ4v) is 1.70. The third-order valence-electron chi connectivity index (χ3n) is 2.55. The van der Waals surface area contributed by atoms with Crippen LogP contribution >= 0.6 is 0 Å². The molecule has 1 saturated heterocycles. The van der Waals surface area contributed by atoms with Crippen LogP contribution in [0.15, 0.2) is 0 Å². The Balaban J connectivity index is 2.44. The van der Waals surface area contributed by atoms with Crippen LogP contribution < -0.4 is 5.73 Å². The summed E-state index contributed by atoms with van der Waals surface area (Å²) in [6.45, 7) is 0. The molecule has 2 aliphatic rings. The fraction of sp³-hybridized carbons (Fsp3) is 0.833. The number of carbonyl (C=O) groups is 1. The predicted molar refractivity (Wildman–Crippen MR) is 34.8 cm³/mol. The maximum Gasteiger partial charge on any atom is 0.332 e. The highest BCUT2D eigenvalue weighted by atomic mass is 16.6. The summed E-state index contributed by atoms with van der Waals surface area (Å²) in [7, 11) is 0. The minimum absolute atomic E-state index is 0.863. The van der Waals surface area contributed by atoms with E-state index in [1.54, 1.807) is 0 Å². The van der Waals surface area contributed by atoms with Gasteiger partial charge in [0.15, 0.2) is 11.6 Å². The highest BCUT2D eigenvalue weighted by molar-refractivity contribution is 5.86. The van der Waals surface area contributed by atoms with Crippen molar-refractivity contribution in [3.63, 3.8) is 0 Å². The molecule has 1 heterocycles. The lowest BCUT2D eigenvalue weighted by atomic mass is 9.95. The second-order valence-corrected chi connectivity index (χ2v) is 3.18. The number of hydrogen-bond donors (Lipinski definition) is 4. The van der Waals surface area contributed by atoms with Crippen LogP contribution in [0.1, 0.15) is 0 Å². The third-order valence-corrected chi connectivity index (χ3v) is 2.55. The molecule has 2 fully saturated rings. The van der Waals surface area contributed by atoms with Crippen molar-refractivity contribution in [1.82, 2.24) is 0 Å².